The molecule has 23 heavy (non-hydrogen) atoms. The van der Waals surface area contributed by atoms with Crippen LogP contribution < -0.4 is 9.64 Å². The Labute approximate surface area is 128 Å². The zero-order chi connectivity index (χ0) is 16.4. The van der Waals surface area contributed by atoms with E-state index >= 15 is 0 Å². The molecule has 5 nitrogen and oxygen atoms in total. The lowest BCUT2D eigenvalue weighted by Gasteiger charge is -2.30. The Bertz CT molecular complexity index is 672. The summed E-state index contributed by atoms with van der Waals surface area (Å²) >= 11 is 0. The predicted molar refractivity (Wildman–Crippen MR) is 71.5 cm³/mol. The van der Waals surface area contributed by atoms with Crippen LogP contribution in [-0.2, 0) is 0 Å². The first kappa shape index (κ1) is 15.6. The number of benzene rings is 1. The molecule has 0 saturated carbocycles. The number of alkyl halides is 2. The number of piperidine rings is 1. The molecule has 0 spiro atoms. The first-order valence-corrected chi connectivity index (χ1v) is 7.01. The molecule has 1 saturated heterocycles. The van der Waals surface area contributed by atoms with Crippen molar-refractivity contribution in [3.05, 3.63) is 35.7 Å². The number of hydrogen-bond donors (Lipinski definition) is 0. The van der Waals surface area contributed by atoms with Gasteiger partial charge in [0.1, 0.15) is 11.9 Å². The number of rotatable bonds is 4. The minimum atomic E-state index is -2.81. The summed E-state index contributed by atoms with van der Waals surface area (Å²) < 4.78 is 61.6. The highest BCUT2D eigenvalue weighted by atomic mass is 19.3. The summed E-state index contributed by atoms with van der Waals surface area (Å²) in [6, 6.07) is 3.16. The van der Waals surface area contributed by atoms with E-state index in [1.54, 1.807) is 4.90 Å². The summed E-state index contributed by atoms with van der Waals surface area (Å²) in [5.74, 6) is -2.16. The molecule has 0 unspecified atom stereocenters. The molecule has 3 rings (SSSR count). The van der Waals surface area contributed by atoms with Crippen LogP contribution in [0.4, 0.5) is 23.6 Å². The van der Waals surface area contributed by atoms with E-state index in [0.717, 1.165) is 12.1 Å². The molecule has 1 aromatic carbocycles. The number of halogens is 4. The summed E-state index contributed by atoms with van der Waals surface area (Å²) in [6.07, 6.45) is -2.03. The molecule has 2 aromatic rings. The standard InChI is InChI=1S/C14H13F4N3O2/c15-8-1-2-11(10(16)7-8)22-9-3-5-21(6-4-9)14-20-19-13(23-14)12(17)18/h1-2,7,9,12H,3-6H2. The van der Waals surface area contributed by atoms with Gasteiger partial charge in [-0.15, -0.1) is 5.10 Å². The van der Waals surface area contributed by atoms with Crippen LogP contribution in [-0.4, -0.2) is 29.4 Å². The Morgan fingerprint density at radius 1 is 1.17 bits per heavy atom. The molecule has 1 fully saturated rings. The molecule has 124 valence electrons. The van der Waals surface area contributed by atoms with Gasteiger partial charge in [-0.2, -0.15) is 8.78 Å². The van der Waals surface area contributed by atoms with Crippen molar-refractivity contribution < 1.29 is 26.7 Å². The van der Waals surface area contributed by atoms with Crippen LogP contribution >= 0.6 is 0 Å². The van der Waals surface area contributed by atoms with Gasteiger partial charge in [-0.25, -0.2) is 8.78 Å². The van der Waals surface area contributed by atoms with Gasteiger partial charge in [0.05, 0.1) is 0 Å². The Morgan fingerprint density at radius 2 is 1.91 bits per heavy atom. The van der Waals surface area contributed by atoms with Crippen molar-refractivity contribution in [3.63, 3.8) is 0 Å². The largest absolute Gasteiger partial charge is 0.487 e. The monoisotopic (exact) mass is 331 g/mol. The van der Waals surface area contributed by atoms with Gasteiger partial charge in [0, 0.05) is 32.0 Å². The number of anilines is 1. The number of nitrogens with zero attached hydrogens (tertiary/aromatic N) is 3. The number of hydrogen-bond acceptors (Lipinski definition) is 5. The third-order valence-electron chi connectivity index (χ3n) is 3.52. The van der Waals surface area contributed by atoms with Gasteiger partial charge in [-0.05, 0) is 12.1 Å². The molecular weight excluding hydrogens is 318 g/mol. The van der Waals surface area contributed by atoms with E-state index in [1.807, 2.05) is 0 Å². The second-order valence-corrected chi connectivity index (χ2v) is 5.10. The average molecular weight is 331 g/mol. The molecule has 1 aliphatic rings. The smallest absolute Gasteiger partial charge is 0.318 e. The number of aromatic nitrogens is 2. The van der Waals surface area contributed by atoms with Gasteiger partial charge >= 0.3 is 12.4 Å². The van der Waals surface area contributed by atoms with Crippen LogP contribution in [0, 0.1) is 11.6 Å². The maximum atomic E-state index is 13.5. The summed E-state index contributed by atoms with van der Waals surface area (Å²) in [5, 5.41) is 6.85. The average Bonchev–Trinajstić information content (AvgIpc) is 3.01. The Balaban J connectivity index is 1.57. The van der Waals surface area contributed by atoms with E-state index in [9.17, 15) is 17.6 Å². The minimum absolute atomic E-state index is 0.0115. The molecule has 0 aliphatic carbocycles. The van der Waals surface area contributed by atoms with Gasteiger partial charge in [0.2, 0.25) is 0 Å². The maximum Gasteiger partial charge on any atom is 0.318 e. The van der Waals surface area contributed by atoms with Gasteiger partial charge in [-0.3, -0.25) is 0 Å². The minimum Gasteiger partial charge on any atom is -0.487 e. The van der Waals surface area contributed by atoms with Crippen LogP contribution in [0.3, 0.4) is 0 Å². The fourth-order valence-electron chi connectivity index (χ4n) is 2.36. The van der Waals surface area contributed by atoms with Crippen LogP contribution in [0.1, 0.15) is 25.2 Å². The van der Waals surface area contributed by atoms with E-state index in [1.165, 1.54) is 6.07 Å². The number of ether oxygens (including phenoxy) is 1. The van der Waals surface area contributed by atoms with E-state index in [0.29, 0.717) is 25.9 Å². The normalized spacial score (nSPS) is 16.1. The maximum absolute atomic E-state index is 13.5. The zero-order valence-electron chi connectivity index (χ0n) is 11.9. The molecule has 1 aliphatic heterocycles. The van der Waals surface area contributed by atoms with E-state index in [4.69, 9.17) is 9.15 Å². The fraction of sp³-hybridized carbons (Fsp3) is 0.429. The zero-order valence-corrected chi connectivity index (χ0v) is 11.9. The fourth-order valence-corrected chi connectivity index (χ4v) is 2.36. The second kappa shape index (κ2) is 6.43. The summed E-state index contributed by atoms with van der Waals surface area (Å²) in [6.45, 7) is 0.886. The van der Waals surface area contributed by atoms with E-state index in [2.05, 4.69) is 10.2 Å². The van der Waals surface area contributed by atoms with Crippen molar-refractivity contribution in [1.82, 2.24) is 10.2 Å². The van der Waals surface area contributed by atoms with Gasteiger partial charge in [0.25, 0.3) is 5.89 Å². The van der Waals surface area contributed by atoms with Crippen molar-refractivity contribution in [3.8, 4) is 5.75 Å². The molecular formula is C14H13F4N3O2. The molecule has 0 radical (unpaired) electrons. The highest BCUT2D eigenvalue weighted by molar-refractivity contribution is 5.27. The molecule has 0 bridgehead atoms. The highest BCUT2D eigenvalue weighted by Crippen LogP contribution is 2.26. The van der Waals surface area contributed by atoms with Crippen molar-refractivity contribution in [2.24, 2.45) is 0 Å². The summed E-state index contributed by atoms with van der Waals surface area (Å²) in [5.41, 5.74) is 0. The van der Waals surface area contributed by atoms with Crippen LogP contribution in [0.25, 0.3) is 0 Å². The summed E-state index contributed by atoms with van der Waals surface area (Å²) in [4.78, 5) is 1.67. The molecule has 0 atom stereocenters. The molecule has 0 amide bonds. The van der Waals surface area contributed by atoms with Gasteiger partial charge in [0.15, 0.2) is 11.6 Å². The Kier molecular flexibility index (Phi) is 4.35. The van der Waals surface area contributed by atoms with Gasteiger partial charge in [-0.1, -0.05) is 5.10 Å². The van der Waals surface area contributed by atoms with Crippen LogP contribution in [0.15, 0.2) is 22.6 Å². The molecule has 2 heterocycles. The lowest BCUT2D eigenvalue weighted by Crippen LogP contribution is -2.38. The highest BCUT2D eigenvalue weighted by Gasteiger charge is 2.26. The van der Waals surface area contributed by atoms with Crippen LogP contribution in [0.2, 0.25) is 0 Å². The second-order valence-electron chi connectivity index (χ2n) is 5.10. The van der Waals surface area contributed by atoms with Gasteiger partial charge < -0.3 is 14.1 Å². The molecule has 0 N–H and O–H groups in total. The lowest BCUT2D eigenvalue weighted by molar-refractivity contribution is 0.115. The van der Waals surface area contributed by atoms with E-state index in [-0.39, 0.29) is 17.9 Å². The Hall–Kier alpha value is -2.32. The van der Waals surface area contributed by atoms with Crippen molar-refractivity contribution in [2.45, 2.75) is 25.4 Å². The first-order chi connectivity index (χ1) is 11.0. The first-order valence-electron chi connectivity index (χ1n) is 7.01. The van der Waals surface area contributed by atoms with Crippen molar-refractivity contribution >= 4 is 6.01 Å². The topological polar surface area (TPSA) is 51.4 Å². The third kappa shape index (κ3) is 3.54. The third-order valence-corrected chi connectivity index (χ3v) is 3.52. The van der Waals surface area contributed by atoms with Crippen LogP contribution in [0.5, 0.6) is 5.75 Å². The van der Waals surface area contributed by atoms with Crippen molar-refractivity contribution in [2.75, 3.05) is 18.0 Å². The quantitative estimate of drug-likeness (QED) is 0.805. The summed E-state index contributed by atoms with van der Waals surface area (Å²) in [7, 11) is 0. The van der Waals surface area contributed by atoms with E-state index < -0.39 is 24.0 Å². The predicted octanol–water partition coefficient (Wildman–Crippen LogP) is 3.33. The molecule has 9 heteroatoms. The van der Waals surface area contributed by atoms with Crippen molar-refractivity contribution in [1.29, 1.82) is 0 Å². The molecule has 1 aromatic heterocycles. The lowest BCUT2D eigenvalue weighted by atomic mass is 10.1. The SMILES string of the molecule is Fc1ccc(OC2CCN(c3nnc(C(F)F)o3)CC2)c(F)c1. The Morgan fingerprint density at radius 3 is 2.52 bits per heavy atom.